The lowest BCUT2D eigenvalue weighted by atomic mass is 10.0. The highest BCUT2D eigenvalue weighted by atomic mass is 127. The van der Waals surface area contributed by atoms with Crippen LogP contribution >= 0.6 is 24.0 Å². The highest BCUT2D eigenvalue weighted by Gasteiger charge is 2.10. The van der Waals surface area contributed by atoms with Gasteiger partial charge in [0.25, 0.3) is 0 Å². The molecule has 0 radical (unpaired) electrons. The minimum absolute atomic E-state index is 0. The number of rotatable bonds is 8. The number of halogens is 1. The van der Waals surface area contributed by atoms with E-state index in [-0.39, 0.29) is 36.5 Å². The fourth-order valence-corrected chi connectivity index (χ4v) is 2.96. The highest BCUT2D eigenvalue weighted by Crippen LogP contribution is 2.14. The summed E-state index contributed by atoms with van der Waals surface area (Å²) in [5.74, 6) is 0.759. The molecule has 0 fully saturated rings. The van der Waals surface area contributed by atoms with E-state index in [9.17, 15) is 5.11 Å². The molecule has 3 N–H and O–H groups in total. The van der Waals surface area contributed by atoms with Gasteiger partial charge in [0.1, 0.15) is 0 Å². The summed E-state index contributed by atoms with van der Waals surface area (Å²) in [6, 6.07) is 20.1. The number of nitrogens with one attached hydrogen (secondary N) is 2. The van der Waals surface area contributed by atoms with Gasteiger partial charge < -0.3 is 15.7 Å². The van der Waals surface area contributed by atoms with Gasteiger partial charge in [-0.15, -0.1) is 24.0 Å². The molecule has 6 nitrogen and oxygen atoms in total. The predicted octanol–water partition coefficient (Wildman–Crippen LogP) is 3.32. The molecule has 1 aromatic heterocycles. The number of aliphatic hydroxyl groups excluding tert-OH is 1. The number of aliphatic imine (C=N–C) groups is 1. The van der Waals surface area contributed by atoms with Crippen LogP contribution in [0.1, 0.15) is 24.0 Å². The molecule has 154 valence electrons. The van der Waals surface area contributed by atoms with Crippen LogP contribution < -0.4 is 10.6 Å². The van der Waals surface area contributed by atoms with Crippen LogP contribution in [0.3, 0.4) is 0 Å². The molecular weight excluding hydrogens is 477 g/mol. The van der Waals surface area contributed by atoms with Crippen molar-refractivity contribution in [3.05, 3.63) is 84.2 Å². The van der Waals surface area contributed by atoms with Crippen molar-refractivity contribution >= 4 is 29.9 Å². The Labute approximate surface area is 189 Å². The van der Waals surface area contributed by atoms with Crippen molar-refractivity contribution in [2.24, 2.45) is 4.99 Å². The summed E-state index contributed by atoms with van der Waals surface area (Å²) in [6.45, 7) is 4.06. The first-order valence-electron chi connectivity index (χ1n) is 9.57. The minimum atomic E-state index is 0. The number of hydrogen-bond acceptors (Lipinski definition) is 3. The maximum Gasteiger partial charge on any atom is 0.191 e. The summed E-state index contributed by atoms with van der Waals surface area (Å²) in [7, 11) is 0. The van der Waals surface area contributed by atoms with E-state index >= 15 is 0 Å². The Bertz CT molecular complexity index is 868. The van der Waals surface area contributed by atoms with Crippen LogP contribution in [0.15, 0.2) is 78.0 Å². The van der Waals surface area contributed by atoms with E-state index in [0.29, 0.717) is 13.1 Å². The number of aromatic nitrogens is 2. The van der Waals surface area contributed by atoms with Crippen molar-refractivity contribution in [2.45, 2.75) is 19.4 Å². The van der Waals surface area contributed by atoms with Crippen molar-refractivity contribution in [2.75, 3.05) is 19.7 Å². The van der Waals surface area contributed by atoms with Gasteiger partial charge in [0.15, 0.2) is 5.96 Å². The standard InChI is InChI=1S/C22H27N5O.HI/c1-2-23-22(25-16-20(17-28)19-9-4-3-5-10-19)24-15-18-8-6-11-21(14-18)27-13-7-12-26-27;/h3-14,20,28H,2,15-17H2,1H3,(H2,23,24,25);1H. The van der Waals surface area contributed by atoms with E-state index in [1.165, 1.54) is 0 Å². The molecule has 3 rings (SSSR count). The predicted molar refractivity (Wildman–Crippen MR) is 128 cm³/mol. The zero-order chi connectivity index (χ0) is 19.6. The van der Waals surface area contributed by atoms with Gasteiger partial charge in [-0.3, -0.25) is 0 Å². The van der Waals surface area contributed by atoms with Gasteiger partial charge in [-0.2, -0.15) is 5.10 Å². The van der Waals surface area contributed by atoms with Crippen LogP contribution in [0.5, 0.6) is 0 Å². The van der Waals surface area contributed by atoms with Crippen molar-refractivity contribution in [3.63, 3.8) is 0 Å². The number of guanidine groups is 1. The summed E-state index contributed by atoms with van der Waals surface area (Å²) in [6.07, 6.45) is 3.69. The molecule has 0 aliphatic carbocycles. The van der Waals surface area contributed by atoms with Gasteiger partial charge in [-0.05, 0) is 36.2 Å². The first-order valence-corrected chi connectivity index (χ1v) is 9.57. The summed E-state index contributed by atoms with van der Waals surface area (Å²) in [5, 5.41) is 20.6. The van der Waals surface area contributed by atoms with Crippen molar-refractivity contribution in [1.82, 2.24) is 20.4 Å². The quantitative estimate of drug-likeness (QED) is 0.250. The average Bonchev–Trinajstić information content (AvgIpc) is 3.28. The molecule has 0 spiro atoms. The summed E-state index contributed by atoms with van der Waals surface area (Å²) >= 11 is 0. The lowest BCUT2D eigenvalue weighted by Crippen LogP contribution is -2.39. The Kier molecular flexibility index (Phi) is 9.66. The molecule has 0 bridgehead atoms. The van der Waals surface area contributed by atoms with Gasteiger partial charge >= 0.3 is 0 Å². The largest absolute Gasteiger partial charge is 0.396 e. The van der Waals surface area contributed by atoms with E-state index in [4.69, 9.17) is 0 Å². The summed E-state index contributed by atoms with van der Waals surface area (Å²) < 4.78 is 1.84. The Balaban J connectivity index is 0.00000300. The lowest BCUT2D eigenvalue weighted by molar-refractivity contribution is 0.265. The molecule has 0 amide bonds. The van der Waals surface area contributed by atoms with E-state index < -0.39 is 0 Å². The van der Waals surface area contributed by atoms with Gasteiger partial charge in [0.05, 0.1) is 18.8 Å². The molecule has 7 heteroatoms. The maximum absolute atomic E-state index is 9.74. The number of hydrogen-bond donors (Lipinski definition) is 3. The molecule has 3 aromatic rings. The van der Waals surface area contributed by atoms with Crippen molar-refractivity contribution < 1.29 is 5.11 Å². The van der Waals surface area contributed by atoms with Crippen LogP contribution in [0.25, 0.3) is 5.69 Å². The lowest BCUT2D eigenvalue weighted by Gasteiger charge is -2.18. The van der Waals surface area contributed by atoms with Crippen LogP contribution in [-0.2, 0) is 6.54 Å². The van der Waals surface area contributed by atoms with E-state index in [1.807, 2.05) is 66.3 Å². The van der Waals surface area contributed by atoms with Gasteiger partial charge in [-0.1, -0.05) is 42.5 Å². The van der Waals surface area contributed by atoms with Crippen molar-refractivity contribution in [3.8, 4) is 5.69 Å². The second-order valence-electron chi connectivity index (χ2n) is 6.49. The zero-order valence-electron chi connectivity index (χ0n) is 16.5. The molecule has 1 unspecified atom stereocenters. The molecule has 2 aromatic carbocycles. The van der Waals surface area contributed by atoms with Gasteiger partial charge in [0, 0.05) is 31.4 Å². The number of benzene rings is 2. The van der Waals surface area contributed by atoms with Crippen LogP contribution in [0, 0.1) is 0 Å². The van der Waals surface area contributed by atoms with Crippen LogP contribution in [0.4, 0.5) is 0 Å². The fourth-order valence-electron chi connectivity index (χ4n) is 2.96. The number of nitrogens with zero attached hydrogens (tertiary/aromatic N) is 3. The molecule has 0 saturated heterocycles. The first kappa shape index (κ1) is 22.9. The maximum atomic E-state index is 9.74. The smallest absolute Gasteiger partial charge is 0.191 e. The second-order valence-corrected chi connectivity index (χ2v) is 6.49. The van der Waals surface area contributed by atoms with E-state index in [1.54, 1.807) is 6.20 Å². The van der Waals surface area contributed by atoms with Gasteiger partial charge in [-0.25, -0.2) is 9.67 Å². The third-order valence-electron chi connectivity index (χ3n) is 4.45. The summed E-state index contributed by atoms with van der Waals surface area (Å²) in [5.41, 5.74) is 3.23. The normalized spacial score (nSPS) is 12.1. The Morgan fingerprint density at radius 3 is 2.62 bits per heavy atom. The minimum Gasteiger partial charge on any atom is -0.396 e. The molecule has 29 heavy (non-hydrogen) atoms. The van der Waals surface area contributed by atoms with Gasteiger partial charge in [0.2, 0.25) is 0 Å². The monoisotopic (exact) mass is 505 g/mol. The SMILES string of the molecule is CCNC(=NCc1cccc(-n2cccn2)c1)NCC(CO)c1ccccc1.I. The zero-order valence-corrected chi connectivity index (χ0v) is 18.9. The Morgan fingerprint density at radius 2 is 1.93 bits per heavy atom. The summed E-state index contributed by atoms with van der Waals surface area (Å²) in [4.78, 5) is 4.69. The molecule has 1 heterocycles. The topological polar surface area (TPSA) is 74.5 Å². The molecule has 0 saturated carbocycles. The molecule has 1 atom stereocenters. The van der Waals surface area contributed by atoms with Crippen molar-refractivity contribution in [1.29, 1.82) is 0 Å². The Morgan fingerprint density at radius 1 is 1.10 bits per heavy atom. The first-order chi connectivity index (χ1) is 13.8. The fraction of sp³-hybridized carbons (Fsp3) is 0.273. The van der Waals surface area contributed by atoms with Crippen LogP contribution in [0.2, 0.25) is 0 Å². The number of aliphatic hydroxyl groups is 1. The van der Waals surface area contributed by atoms with Crippen LogP contribution in [-0.4, -0.2) is 40.5 Å². The third-order valence-corrected chi connectivity index (χ3v) is 4.45. The van der Waals surface area contributed by atoms with E-state index in [0.717, 1.165) is 29.3 Å². The third kappa shape index (κ3) is 6.86. The average molecular weight is 505 g/mol. The molecule has 0 aliphatic rings. The Hall–Kier alpha value is -2.39. The van der Waals surface area contributed by atoms with E-state index in [2.05, 4.69) is 32.9 Å². The highest BCUT2D eigenvalue weighted by molar-refractivity contribution is 14.0. The molecular formula is C22H28IN5O. The second kappa shape index (κ2) is 12.2. The molecule has 0 aliphatic heterocycles.